The lowest BCUT2D eigenvalue weighted by Gasteiger charge is -2.16. The van der Waals surface area contributed by atoms with Gasteiger partial charge in [0.25, 0.3) is 5.91 Å². The fourth-order valence-corrected chi connectivity index (χ4v) is 4.17. The molecule has 1 fully saturated rings. The largest absolute Gasteiger partial charge is 0.488 e. The van der Waals surface area contributed by atoms with E-state index in [2.05, 4.69) is 6.08 Å². The summed E-state index contributed by atoms with van der Waals surface area (Å²) < 4.78 is 6.36. The summed E-state index contributed by atoms with van der Waals surface area (Å²) in [6, 6.07) is 16.0. The van der Waals surface area contributed by atoms with Crippen molar-refractivity contribution in [1.29, 1.82) is 0 Å². The highest BCUT2D eigenvalue weighted by Crippen LogP contribution is 2.34. The van der Waals surface area contributed by atoms with Crippen LogP contribution in [-0.2, 0) is 11.3 Å². The Hall–Kier alpha value is -2.37. The highest BCUT2D eigenvalue weighted by Gasteiger charge is 2.32. The molecule has 2 aromatic rings. The van der Waals surface area contributed by atoms with E-state index in [1.165, 1.54) is 17.3 Å². The molecule has 5 heteroatoms. The van der Waals surface area contributed by atoms with Gasteiger partial charge in [-0.15, -0.1) is 0 Å². The predicted molar refractivity (Wildman–Crippen MR) is 110 cm³/mol. The first-order valence-corrected chi connectivity index (χ1v) is 9.56. The molecule has 2 aliphatic rings. The second kappa shape index (κ2) is 7.09. The molecule has 0 unspecified atom stereocenters. The molecule has 0 aliphatic carbocycles. The Bertz CT molecular complexity index is 945. The SMILES string of the molecule is Cc1ccc(CN2C(=O)/C(=C/C3=Cc4ccccc4OC3)SC2=S)cc1. The Morgan fingerprint density at radius 1 is 1.19 bits per heavy atom. The third-order valence-corrected chi connectivity index (χ3v) is 5.68. The van der Waals surface area contributed by atoms with Crippen molar-refractivity contribution in [1.82, 2.24) is 4.90 Å². The average molecular weight is 380 g/mol. The van der Waals surface area contributed by atoms with Crippen molar-refractivity contribution in [2.24, 2.45) is 0 Å². The Morgan fingerprint density at radius 3 is 2.77 bits per heavy atom. The van der Waals surface area contributed by atoms with Crippen molar-refractivity contribution in [3.05, 3.63) is 81.8 Å². The van der Waals surface area contributed by atoms with E-state index in [1.54, 1.807) is 4.90 Å². The second-order valence-corrected chi connectivity index (χ2v) is 7.97. The van der Waals surface area contributed by atoms with E-state index in [1.807, 2.05) is 61.5 Å². The molecular weight excluding hydrogens is 362 g/mol. The number of benzene rings is 2. The van der Waals surface area contributed by atoms with Gasteiger partial charge in [-0.1, -0.05) is 72.0 Å². The third kappa shape index (κ3) is 3.45. The molecule has 26 heavy (non-hydrogen) atoms. The molecule has 0 bridgehead atoms. The summed E-state index contributed by atoms with van der Waals surface area (Å²) in [6.45, 7) is 3.00. The van der Waals surface area contributed by atoms with Crippen LogP contribution in [-0.4, -0.2) is 21.7 Å². The van der Waals surface area contributed by atoms with Crippen molar-refractivity contribution in [3.63, 3.8) is 0 Å². The van der Waals surface area contributed by atoms with Crippen molar-refractivity contribution in [3.8, 4) is 5.75 Å². The minimum atomic E-state index is -0.0414. The molecular formula is C21H17NO2S2. The summed E-state index contributed by atoms with van der Waals surface area (Å²) in [5, 5.41) is 0. The molecule has 2 aromatic carbocycles. The van der Waals surface area contributed by atoms with Crippen molar-refractivity contribution >= 4 is 40.3 Å². The van der Waals surface area contributed by atoms with Gasteiger partial charge in [0, 0.05) is 5.56 Å². The number of para-hydroxylation sites is 1. The molecule has 3 nitrogen and oxygen atoms in total. The lowest BCUT2D eigenvalue weighted by molar-refractivity contribution is -0.122. The lowest BCUT2D eigenvalue weighted by Crippen LogP contribution is -2.27. The minimum absolute atomic E-state index is 0.0414. The van der Waals surface area contributed by atoms with Crippen LogP contribution in [0.5, 0.6) is 5.75 Å². The van der Waals surface area contributed by atoms with Crippen LogP contribution in [0.2, 0.25) is 0 Å². The number of carbonyl (C=O) groups is 1. The zero-order valence-corrected chi connectivity index (χ0v) is 15.9. The monoisotopic (exact) mass is 379 g/mol. The number of hydrogen-bond acceptors (Lipinski definition) is 4. The quantitative estimate of drug-likeness (QED) is 0.570. The maximum absolute atomic E-state index is 12.8. The summed E-state index contributed by atoms with van der Waals surface area (Å²) in [4.78, 5) is 15.1. The third-order valence-electron chi connectivity index (χ3n) is 4.31. The summed E-state index contributed by atoms with van der Waals surface area (Å²) in [7, 11) is 0. The molecule has 1 saturated heterocycles. The van der Waals surface area contributed by atoms with Gasteiger partial charge in [-0.3, -0.25) is 9.69 Å². The predicted octanol–water partition coefficient (Wildman–Crippen LogP) is 4.72. The minimum Gasteiger partial charge on any atom is -0.488 e. The Kier molecular flexibility index (Phi) is 4.66. The van der Waals surface area contributed by atoms with Gasteiger partial charge in [-0.05, 0) is 36.3 Å². The van der Waals surface area contributed by atoms with Crippen LogP contribution in [0.15, 0.2) is 65.1 Å². The molecule has 4 rings (SSSR count). The van der Waals surface area contributed by atoms with Crippen LogP contribution >= 0.6 is 24.0 Å². The molecule has 2 heterocycles. The molecule has 0 radical (unpaired) electrons. The van der Waals surface area contributed by atoms with Crippen LogP contribution in [0.3, 0.4) is 0 Å². The fourth-order valence-electron chi connectivity index (χ4n) is 2.90. The smallest absolute Gasteiger partial charge is 0.266 e. The Labute approximate surface area is 162 Å². The Balaban J connectivity index is 1.54. The number of fused-ring (bicyclic) bond motifs is 1. The van der Waals surface area contributed by atoms with Crippen molar-refractivity contribution in [2.45, 2.75) is 13.5 Å². The van der Waals surface area contributed by atoms with E-state index in [-0.39, 0.29) is 5.91 Å². The van der Waals surface area contributed by atoms with Crippen LogP contribution in [0.25, 0.3) is 6.08 Å². The standard InChI is InChI=1S/C21H17NO2S2/c1-14-6-8-15(9-7-14)12-22-20(23)19(26-21(22)25)11-16-10-17-4-2-3-5-18(17)24-13-16/h2-11H,12-13H2,1H3/b19-11-. The Morgan fingerprint density at radius 2 is 1.96 bits per heavy atom. The molecule has 1 amide bonds. The van der Waals surface area contributed by atoms with E-state index in [9.17, 15) is 4.79 Å². The molecule has 0 N–H and O–H groups in total. The topological polar surface area (TPSA) is 29.5 Å². The summed E-state index contributed by atoms with van der Waals surface area (Å²) in [6.07, 6.45) is 3.95. The van der Waals surface area contributed by atoms with E-state index >= 15 is 0 Å². The number of hydrogen-bond donors (Lipinski definition) is 0. The molecule has 2 aliphatic heterocycles. The molecule has 0 atom stereocenters. The van der Waals surface area contributed by atoms with Gasteiger partial charge in [0.05, 0.1) is 11.4 Å². The van der Waals surface area contributed by atoms with Crippen LogP contribution in [0.1, 0.15) is 16.7 Å². The first-order valence-electron chi connectivity index (χ1n) is 8.33. The molecule has 0 saturated carbocycles. The van der Waals surface area contributed by atoms with Crippen LogP contribution in [0.4, 0.5) is 0 Å². The van der Waals surface area contributed by atoms with Crippen molar-refractivity contribution in [2.75, 3.05) is 6.61 Å². The fraction of sp³-hybridized carbons (Fsp3) is 0.143. The lowest BCUT2D eigenvalue weighted by atomic mass is 10.1. The summed E-state index contributed by atoms with van der Waals surface area (Å²) in [5.41, 5.74) is 4.27. The number of rotatable bonds is 3. The maximum Gasteiger partial charge on any atom is 0.266 e. The number of ether oxygens (including phenoxy) is 1. The normalized spacial score (nSPS) is 18.0. The van der Waals surface area contributed by atoms with Gasteiger partial charge in [0.1, 0.15) is 16.7 Å². The first-order chi connectivity index (χ1) is 12.6. The number of thioether (sulfide) groups is 1. The highest BCUT2D eigenvalue weighted by atomic mass is 32.2. The van der Waals surface area contributed by atoms with Gasteiger partial charge >= 0.3 is 0 Å². The maximum atomic E-state index is 12.8. The van der Waals surface area contributed by atoms with Crippen LogP contribution in [0, 0.1) is 6.92 Å². The average Bonchev–Trinajstić information content (AvgIpc) is 2.91. The second-order valence-electron chi connectivity index (χ2n) is 6.30. The van der Waals surface area contributed by atoms with Gasteiger partial charge in [-0.25, -0.2) is 0 Å². The van der Waals surface area contributed by atoms with Gasteiger partial charge in [0.15, 0.2) is 0 Å². The van der Waals surface area contributed by atoms with E-state index < -0.39 is 0 Å². The van der Waals surface area contributed by atoms with Crippen molar-refractivity contribution < 1.29 is 9.53 Å². The zero-order chi connectivity index (χ0) is 18.1. The number of aryl methyl sites for hydroxylation is 1. The first kappa shape index (κ1) is 17.1. The summed E-state index contributed by atoms with van der Waals surface area (Å²) in [5.74, 6) is 0.830. The summed E-state index contributed by atoms with van der Waals surface area (Å²) >= 11 is 6.78. The van der Waals surface area contributed by atoms with E-state index in [4.69, 9.17) is 17.0 Å². The molecule has 130 valence electrons. The van der Waals surface area contributed by atoms with E-state index in [0.717, 1.165) is 22.4 Å². The van der Waals surface area contributed by atoms with Crippen LogP contribution < -0.4 is 4.74 Å². The van der Waals surface area contributed by atoms with Gasteiger partial charge in [-0.2, -0.15) is 0 Å². The number of carbonyl (C=O) groups excluding carboxylic acids is 1. The molecule has 0 aromatic heterocycles. The van der Waals surface area contributed by atoms with Gasteiger partial charge < -0.3 is 4.74 Å². The number of thiocarbonyl (C=S) groups is 1. The molecule has 0 spiro atoms. The number of amides is 1. The zero-order valence-electron chi connectivity index (χ0n) is 14.3. The van der Waals surface area contributed by atoms with Gasteiger partial charge in [0.2, 0.25) is 0 Å². The van der Waals surface area contributed by atoms with E-state index in [0.29, 0.717) is 22.4 Å². The number of nitrogens with zero attached hydrogens (tertiary/aromatic N) is 1. The highest BCUT2D eigenvalue weighted by molar-refractivity contribution is 8.26.